The van der Waals surface area contributed by atoms with E-state index in [-0.39, 0.29) is 5.41 Å². The smallest absolute Gasteiger partial charge is 0.176 e. The summed E-state index contributed by atoms with van der Waals surface area (Å²) >= 11 is 3.74. The van der Waals surface area contributed by atoms with Gasteiger partial charge in [-0.05, 0) is 75.3 Å². The van der Waals surface area contributed by atoms with Crippen molar-refractivity contribution in [1.29, 1.82) is 0 Å². The van der Waals surface area contributed by atoms with E-state index in [4.69, 9.17) is 0 Å². The van der Waals surface area contributed by atoms with Crippen molar-refractivity contribution in [3.05, 3.63) is 63.4 Å². The Kier molecular flexibility index (Phi) is 4.67. The van der Waals surface area contributed by atoms with Crippen molar-refractivity contribution in [2.45, 2.75) is 31.6 Å². The Morgan fingerprint density at radius 2 is 1.79 bits per heavy atom. The van der Waals surface area contributed by atoms with E-state index in [0.717, 1.165) is 49.2 Å². The second-order valence-electron chi connectivity index (χ2n) is 8.30. The number of piperidine rings is 1. The molecule has 0 radical (unpaired) electrons. The summed E-state index contributed by atoms with van der Waals surface area (Å²) in [5.74, 6) is 0.747. The quantitative estimate of drug-likeness (QED) is 0.650. The molecule has 1 aromatic heterocycles. The molecule has 1 spiro atoms. The molecule has 0 amide bonds. The normalized spacial score (nSPS) is 18.0. The predicted molar refractivity (Wildman–Crippen MR) is 118 cm³/mol. The Hall–Kier alpha value is -2.25. The Bertz CT molecular complexity index is 968. The van der Waals surface area contributed by atoms with E-state index in [1.807, 2.05) is 0 Å². The number of aromatic amines is 1. The Morgan fingerprint density at radius 3 is 2.52 bits per heavy atom. The molecule has 6 nitrogen and oxygen atoms in total. The van der Waals surface area contributed by atoms with Gasteiger partial charge >= 0.3 is 0 Å². The van der Waals surface area contributed by atoms with Crippen LogP contribution >= 0.6 is 15.9 Å². The zero-order valence-electron chi connectivity index (χ0n) is 16.8. The molecule has 0 aliphatic carbocycles. The summed E-state index contributed by atoms with van der Waals surface area (Å²) < 4.78 is 1.14. The standard InChI is InChI=1S/C22H25BrN6/c1-15-3-5-19-17(13-15)22(8-11-28(2)12-9-22)18-14-16(23)4-6-20(18)29(19)10-7-21-24-26-27-25-21/h3-6,13-14H,7-12H2,1-2H3,(H,24,25,26,27). The maximum atomic E-state index is 4.15. The van der Waals surface area contributed by atoms with Crippen LogP contribution in [0.4, 0.5) is 11.4 Å². The number of hydrogen-bond donors (Lipinski definition) is 1. The number of likely N-dealkylation sites (tertiary alicyclic amines) is 1. The van der Waals surface area contributed by atoms with E-state index in [1.54, 1.807) is 0 Å². The molecule has 7 heteroatoms. The van der Waals surface area contributed by atoms with Gasteiger partial charge in [0.1, 0.15) is 0 Å². The van der Waals surface area contributed by atoms with Gasteiger partial charge in [-0.15, -0.1) is 10.2 Å². The molecule has 1 fully saturated rings. The molecular formula is C22H25BrN6. The van der Waals surface area contributed by atoms with Crippen LogP contribution in [0.2, 0.25) is 0 Å². The first-order valence-corrected chi connectivity index (χ1v) is 11.0. The molecule has 1 N–H and O–H groups in total. The van der Waals surface area contributed by atoms with Gasteiger partial charge in [-0.2, -0.15) is 5.21 Å². The molecule has 3 heterocycles. The molecule has 0 saturated carbocycles. The van der Waals surface area contributed by atoms with Crippen LogP contribution in [0.1, 0.15) is 35.4 Å². The lowest BCUT2D eigenvalue weighted by atomic mass is 9.65. The number of aryl methyl sites for hydroxylation is 1. The number of hydrogen-bond acceptors (Lipinski definition) is 5. The Morgan fingerprint density at radius 1 is 1.07 bits per heavy atom. The number of nitrogens with zero attached hydrogens (tertiary/aromatic N) is 5. The van der Waals surface area contributed by atoms with Crippen LogP contribution in [0, 0.1) is 6.92 Å². The number of tetrazole rings is 1. The van der Waals surface area contributed by atoms with E-state index >= 15 is 0 Å². The van der Waals surface area contributed by atoms with Crippen molar-refractivity contribution in [2.24, 2.45) is 0 Å². The van der Waals surface area contributed by atoms with E-state index in [2.05, 4.69) is 96.7 Å². The monoisotopic (exact) mass is 452 g/mol. The van der Waals surface area contributed by atoms with Crippen molar-refractivity contribution in [2.75, 3.05) is 31.6 Å². The maximum Gasteiger partial charge on any atom is 0.176 e. The third kappa shape index (κ3) is 3.16. The van der Waals surface area contributed by atoms with Crippen LogP contribution in [0.15, 0.2) is 40.9 Å². The van der Waals surface area contributed by atoms with E-state index < -0.39 is 0 Å². The largest absolute Gasteiger partial charge is 0.341 e. The van der Waals surface area contributed by atoms with Crippen molar-refractivity contribution >= 4 is 27.3 Å². The average molecular weight is 453 g/mol. The molecule has 5 rings (SSSR count). The number of fused-ring (bicyclic) bond motifs is 4. The van der Waals surface area contributed by atoms with Gasteiger partial charge in [-0.25, -0.2) is 0 Å². The third-order valence-electron chi connectivity index (χ3n) is 6.51. The van der Waals surface area contributed by atoms with Gasteiger partial charge < -0.3 is 9.80 Å². The molecule has 2 aromatic carbocycles. The van der Waals surface area contributed by atoms with Gasteiger partial charge in [-0.1, -0.05) is 38.8 Å². The van der Waals surface area contributed by atoms with E-state index in [1.165, 1.54) is 28.1 Å². The zero-order valence-corrected chi connectivity index (χ0v) is 18.4. The van der Waals surface area contributed by atoms with Gasteiger partial charge in [0.05, 0.1) is 0 Å². The number of halogens is 1. The molecule has 0 atom stereocenters. The third-order valence-corrected chi connectivity index (χ3v) is 7.01. The average Bonchev–Trinajstić information content (AvgIpc) is 3.24. The van der Waals surface area contributed by atoms with Gasteiger partial charge in [0.15, 0.2) is 5.82 Å². The molecule has 150 valence electrons. The molecule has 3 aromatic rings. The first-order valence-electron chi connectivity index (χ1n) is 10.2. The number of anilines is 2. The first kappa shape index (κ1) is 18.8. The van der Waals surface area contributed by atoms with Gasteiger partial charge in [0.25, 0.3) is 0 Å². The highest BCUT2D eigenvalue weighted by atomic mass is 79.9. The minimum Gasteiger partial charge on any atom is -0.341 e. The summed E-state index contributed by atoms with van der Waals surface area (Å²) in [5.41, 5.74) is 6.90. The summed E-state index contributed by atoms with van der Waals surface area (Å²) in [6.07, 6.45) is 3.03. The Balaban J connectivity index is 1.66. The molecule has 2 aliphatic rings. The van der Waals surface area contributed by atoms with Crippen LogP contribution in [0.25, 0.3) is 0 Å². The van der Waals surface area contributed by atoms with Gasteiger partial charge in [0.2, 0.25) is 0 Å². The van der Waals surface area contributed by atoms with Crippen molar-refractivity contribution in [3.8, 4) is 0 Å². The van der Waals surface area contributed by atoms with Crippen LogP contribution in [-0.2, 0) is 11.8 Å². The maximum absolute atomic E-state index is 4.15. The molecular weight excluding hydrogens is 428 g/mol. The highest BCUT2D eigenvalue weighted by Crippen LogP contribution is 2.54. The number of nitrogens with one attached hydrogen (secondary N) is 1. The summed E-state index contributed by atoms with van der Waals surface area (Å²) in [4.78, 5) is 4.89. The van der Waals surface area contributed by atoms with Crippen molar-refractivity contribution in [1.82, 2.24) is 25.5 Å². The van der Waals surface area contributed by atoms with Gasteiger partial charge in [-0.3, -0.25) is 0 Å². The van der Waals surface area contributed by atoms with Crippen molar-refractivity contribution < 1.29 is 0 Å². The minimum atomic E-state index is 0.0651. The SMILES string of the molecule is Cc1ccc2c(c1)C1(CCN(C)CC1)c1cc(Br)ccc1N2CCc1nn[nH]n1. The number of benzene rings is 2. The summed E-state index contributed by atoms with van der Waals surface area (Å²) in [5, 5.41) is 14.6. The summed E-state index contributed by atoms with van der Waals surface area (Å²) in [7, 11) is 2.23. The molecule has 29 heavy (non-hydrogen) atoms. The minimum absolute atomic E-state index is 0.0651. The molecule has 0 unspecified atom stereocenters. The number of rotatable bonds is 3. The topological polar surface area (TPSA) is 60.9 Å². The zero-order chi connectivity index (χ0) is 20.0. The summed E-state index contributed by atoms with van der Waals surface area (Å²) in [6.45, 7) is 5.24. The predicted octanol–water partition coefficient (Wildman–Crippen LogP) is 3.98. The fourth-order valence-corrected chi connectivity index (χ4v) is 5.31. The highest BCUT2D eigenvalue weighted by Gasteiger charge is 2.44. The lowest BCUT2D eigenvalue weighted by Gasteiger charge is -2.49. The molecule has 2 aliphatic heterocycles. The fourth-order valence-electron chi connectivity index (χ4n) is 4.95. The molecule has 0 bridgehead atoms. The van der Waals surface area contributed by atoms with E-state index in [9.17, 15) is 0 Å². The van der Waals surface area contributed by atoms with Crippen LogP contribution in [-0.4, -0.2) is 52.2 Å². The first-order chi connectivity index (χ1) is 14.1. The Labute approximate surface area is 179 Å². The van der Waals surface area contributed by atoms with Gasteiger partial charge in [0, 0.05) is 34.2 Å². The fraction of sp³-hybridized carbons (Fsp3) is 0.409. The van der Waals surface area contributed by atoms with E-state index in [0.29, 0.717) is 0 Å². The lowest BCUT2D eigenvalue weighted by Crippen LogP contribution is -2.45. The lowest BCUT2D eigenvalue weighted by molar-refractivity contribution is 0.212. The molecule has 1 saturated heterocycles. The van der Waals surface area contributed by atoms with Crippen molar-refractivity contribution in [3.63, 3.8) is 0 Å². The van der Waals surface area contributed by atoms with Crippen LogP contribution in [0.5, 0.6) is 0 Å². The van der Waals surface area contributed by atoms with Crippen LogP contribution in [0.3, 0.4) is 0 Å². The second kappa shape index (κ2) is 7.22. The van der Waals surface area contributed by atoms with Crippen LogP contribution < -0.4 is 4.90 Å². The number of aromatic nitrogens is 4. The summed E-state index contributed by atoms with van der Waals surface area (Å²) in [6, 6.07) is 13.7. The highest BCUT2D eigenvalue weighted by molar-refractivity contribution is 9.10. The number of H-pyrrole nitrogens is 1. The second-order valence-corrected chi connectivity index (χ2v) is 9.21.